The van der Waals surface area contributed by atoms with Crippen LogP contribution >= 0.6 is 0 Å². The van der Waals surface area contributed by atoms with Crippen molar-refractivity contribution in [1.29, 1.82) is 0 Å². The van der Waals surface area contributed by atoms with Crippen LogP contribution in [0.15, 0.2) is 60.7 Å². The summed E-state index contributed by atoms with van der Waals surface area (Å²) in [5.41, 5.74) is 8.20. The van der Waals surface area contributed by atoms with E-state index in [1.165, 1.54) is 11.1 Å². The number of nitrogens with zero attached hydrogens (tertiary/aromatic N) is 1. The molecule has 1 aliphatic heterocycles. The molecule has 2 aromatic rings. The number of carbonyl (C=O) groups is 1. The molecule has 3 nitrogen and oxygen atoms in total. The molecule has 0 spiro atoms. The Morgan fingerprint density at radius 3 is 2.13 bits per heavy atom. The molecule has 120 valence electrons. The third-order valence-corrected chi connectivity index (χ3v) is 4.75. The van der Waals surface area contributed by atoms with Crippen molar-refractivity contribution in [2.75, 3.05) is 13.1 Å². The Morgan fingerprint density at radius 1 is 1.04 bits per heavy atom. The van der Waals surface area contributed by atoms with Crippen LogP contribution in [0.5, 0.6) is 0 Å². The lowest BCUT2D eigenvalue weighted by Gasteiger charge is -2.26. The van der Waals surface area contributed by atoms with Crippen molar-refractivity contribution in [1.82, 2.24) is 4.90 Å². The Morgan fingerprint density at radius 2 is 1.61 bits per heavy atom. The van der Waals surface area contributed by atoms with Crippen LogP contribution in [0.4, 0.5) is 0 Å². The fourth-order valence-electron chi connectivity index (χ4n) is 3.50. The minimum atomic E-state index is 0.101. The standard InChI is InChI=1S/C20H24N2O/c21-15-18-12-7-13-22(18)20(23)14-19(16-8-3-1-4-9-16)17-10-5-2-6-11-17/h1-6,8-11,18-19H,7,12-15,21H2. The van der Waals surface area contributed by atoms with E-state index in [1.807, 2.05) is 41.3 Å². The largest absolute Gasteiger partial charge is 0.338 e. The molecule has 1 heterocycles. The van der Waals surface area contributed by atoms with Gasteiger partial charge in [0.1, 0.15) is 0 Å². The van der Waals surface area contributed by atoms with Crippen molar-refractivity contribution in [2.45, 2.75) is 31.2 Å². The molecule has 3 rings (SSSR count). The Hall–Kier alpha value is -2.13. The highest BCUT2D eigenvalue weighted by Crippen LogP contribution is 2.30. The lowest BCUT2D eigenvalue weighted by Crippen LogP contribution is -2.40. The summed E-state index contributed by atoms with van der Waals surface area (Å²) in [7, 11) is 0. The first-order chi connectivity index (χ1) is 11.3. The van der Waals surface area contributed by atoms with Crippen molar-refractivity contribution in [2.24, 2.45) is 5.73 Å². The summed E-state index contributed by atoms with van der Waals surface area (Å²) in [6.45, 7) is 1.41. The summed E-state index contributed by atoms with van der Waals surface area (Å²) in [6.07, 6.45) is 2.60. The Bertz CT molecular complexity index is 587. The van der Waals surface area contributed by atoms with Gasteiger partial charge < -0.3 is 10.6 Å². The molecule has 23 heavy (non-hydrogen) atoms. The summed E-state index contributed by atoms with van der Waals surface area (Å²) in [4.78, 5) is 14.8. The minimum Gasteiger partial charge on any atom is -0.338 e. The van der Waals surface area contributed by atoms with Crippen LogP contribution in [0.25, 0.3) is 0 Å². The molecule has 0 radical (unpaired) electrons. The third-order valence-electron chi connectivity index (χ3n) is 4.75. The van der Waals surface area contributed by atoms with Gasteiger partial charge in [-0.05, 0) is 24.0 Å². The topological polar surface area (TPSA) is 46.3 Å². The maximum atomic E-state index is 12.8. The van der Waals surface area contributed by atoms with E-state index in [2.05, 4.69) is 24.3 Å². The SMILES string of the molecule is NCC1CCCN1C(=O)CC(c1ccccc1)c1ccccc1. The maximum absolute atomic E-state index is 12.8. The van der Waals surface area contributed by atoms with Gasteiger partial charge in [-0.2, -0.15) is 0 Å². The van der Waals surface area contributed by atoms with E-state index in [1.54, 1.807) is 0 Å². The monoisotopic (exact) mass is 308 g/mol. The molecule has 0 saturated carbocycles. The van der Waals surface area contributed by atoms with E-state index in [0.29, 0.717) is 13.0 Å². The maximum Gasteiger partial charge on any atom is 0.223 e. The predicted octanol–water partition coefficient (Wildman–Crippen LogP) is 3.16. The van der Waals surface area contributed by atoms with Crippen LogP contribution in [0.1, 0.15) is 36.3 Å². The first-order valence-corrected chi connectivity index (χ1v) is 8.39. The second kappa shape index (κ2) is 7.42. The number of hydrogen-bond acceptors (Lipinski definition) is 2. The van der Waals surface area contributed by atoms with Gasteiger partial charge in [-0.1, -0.05) is 60.7 Å². The van der Waals surface area contributed by atoms with Crippen molar-refractivity contribution in [3.63, 3.8) is 0 Å². The first-order valence-electron chi connectivity index (χ1n) is 8.39. The Kier molecular flexibility index (Phi) is 5.09. The minimum absolute atomic E-state index is 0.101. The quantitative estimate of drug-likeness (QED) is 0.922. The molecule has 1 fully saturated rings. The van der Waals surface area contributed by atoms with Gasteiger partial charge in [0.15, 0.2) is 0 Å². The summed E-state index contributed by atoms with van der Waals surface area (Å²) in [5, 5.41) is 0. The lowest BCUT2D eigenvalue weighted by molar-refractivity contribution is -0.132. The number of nitrogens with two attached hydrogens (primary N) is 1. The Labute approximate surface area is 138 Å². The van der Waals surface area contributed by atoms with Crippen molar-refractivity contribution in [3.8, 4) is 0 Å². The van der Waals surface area contributed by atoms with Crippen molar-refractivity contribution in [3.05, 3.63) is 71.8 Å². The van der Waals surface area contributed by atoms with Crippen molar-refractivity contribution < 1.29 is 4.79 Å². The average Bonchev–Trinajstić information content (AvgIpc) is 3.10. The molecule has 2 aromatic carbocycles. The Balaban J connectivity index is 1.83. The van der Waals surface area contributed by atoms with E-state index < -0.39 is 0 Å². The van der Waals surface area contributed by atoms with Gasteiger partial charge in [-0.25, -0.2) is 0 Å². The first kappa shape index (κ1) is 15.8. The highest BCUT2D eigenvalue weighted by Gasteiger charge is 2.29. The number of likely N-dealkylation sites (tertiary alicyclic amines) is 1. The van der Waals surface area contributed by atoms with Gasteiger partial charge in [0.25, 0.3) is 0 Å². The summed E-state index contributed by atoms with van der Waals surface area (Å²) in [6, 6.07) is 20.8. The molecule has 1 aliphatic rings. The fourth-order valence-corrected chi connectivity index (χ4v) is 3.50. The third kappa shape index (κ3) is 3.62. The smallest absolute Gasteiger partial charge is 0.223 e. The number of hydrogen-bond donors (Lipinski definition) is 1. The molecule has 0 aromatic heterocycles. The van der Waals surface area contributed by atoms with Gasteiger partial charge in [0, 0.05) is 31.5 Å². The highest BCUT2D eigenvalue weighted by atomic mass is 16.2. The van der Waals surface area contributed by atoms with E-state index in [9.17, 15) is 4.79 Å². The summed E-state index contributed by atoms with van der Waals surface area (Å²) < 4.78 is 0. The van der Waals surface area contributed by atoms with E-state index in [-0.39, 0.29) is 17.9 Å². The molecule has 1 atom stereocenters. The molecule has 1 saturated heterocycles. The van der Waals surface area contributed by atoms with Gasteiger partial charge in [-0.3, -0.25) is 4.79 Å². The normalized spacial score (nSPS) is 17.7. The van der Waals surface area contributed by atoms with Crippen LogP contribution in [0.2, 0.25) is 0 Å². The second-order valence-electron chi connectivity index (χ2n) is 6.20. The highest BCUT2D eigenvalue weighted by molar-refractivity contribution is 5.78. The number of carbonyl (C=O) groups excluding carboxylic acids is 1. The summed E-state index contributed by atoms with van der Waals surface area (Å²) >= 11 is 0. The molecule has 1 amide bonds. The van der Waals surface area contributed by atoms with Crippen LogP contribution in [-0.2, 0) is 4.79 Å². The van der Waals surface area contributed by atoms with E-state index in [0.717, 1.165) is 19.4 Å². The van der Waals surface area contributed by atoms with Crippen molar-refractivity contribution >= 4 is 5.91 Å². The van der Waals surface area contributed by atoms with Gasteiger partial charge >= 0.3 is 0 Å². The van der Waals surface area contributed by atoms with Gasteiger partial charge in [0.2, 0.25) is 5.91 Å². The summed E-state index contributed by atoms with van der Waals surface area (Å²) in [5.74, 6) is 0.319. The molecule has 1 unspecified atom stereocenters. The average molecular weight is 308 g/mol. The molecule has 0 aliphatic carbocycles. The van der Waals surface area contributed by atoms with E-state index >= 15 is 0 Å². The van der Waals surface area contributed by atoms with Crippen LogP contribution in [-0.4, -0.2) is 29.9 Å². The van der Waals surface area contributed by atoms with Gasteiger partial charge in [0.05, 0.1) is 0 Å². The predicted molar refractivity (Wildman–Crippen MR) is 93.1 cm³/mol. The van der Waals surface area contributed by atoms with Gasteiger partial charge in [-0.15, -0.1) is 0 Å². The van der Waals surface area contributed by atoms with Crippen LogP contribution in [0.3, 0.4) is 0 Å². The van der Waals surface area contributed by atoms with E-state index in [4.69, 9.17) is 5.73 Å². The fraction of sp³-hybridized carbons (Fsp3) is 0.350. The lowest BCUT2D eigenvalue weighted by atomic mass is 9.88. The molecular formula is C20H24N2O. The zero-order chi connectivity index (χ0) is 16.1. The molecule has 0 bridgehead atoms. The van der Waals surface area contributed by atoms with Crippen LogP contribution < -0.4 is 5.73 Å². The number of amides is 1. The zero-order valence-electron chi connectivity index (χ0n) is 13.4. The zero-order valence-corrected chi connectivity index (χ0v) is 13.4. The second-order valence-corrected chi connectivity index (χ2v) is 6.20. The molecule has 3 heteroatoms. The number of rotatable bonds is 5. The number of benzene rings is 2. The molecular weight excluding hydrogens is 284 g/mol. The molecule has 2 N–H and O–H groups in total. The van der Waals surface area contributed by atoms with Crippen LogP contribution in [0, 0.1) is 0 Å².